The summed E-state index contributed by atoms with van der Waals surface area (Å²) in [5.74, 6) is 0.435. The highest BCUT2D eigenvalue weighted by atomic mass is 35.5. The van der Waals surface area contributed by atoms with Crippen molar-refractivity contribution in [2.75, 3.05) is 32.2 Å². The van der Waals surface area contributed by atoms with E-state index in [2.05, 4.69) is 0 Å². The lowest BCUT2D eigenvalue weighted by atomic mass is 10.2. The summed E-state index contributed by atoms with van der Waals surface area (Å²) in [6, 6.07) is 0. The Bertz CT molecular complexity index is 213. The van der Waals surface area contributed by atoms with Gasteiger partial charge in [-0.3, -0.25) is 4.79 Å². The summed E-state index contributed by atoms with van der Waals surface area (Å²) in [6.45, 7) is 5.72. The molecule has 1 aliphatic rings. The molecule has 2 atom stereocenters. The van der Waals surface area contributed by atoms with Crippen LogP contribution in [0.2, 0.25) is 0 Å². The molecule has 0 aromatic rings. The molecule has 15 heavy (non-hydrogen) atoms. The Morgan fingerprint density at radius 2 is 2.33 bits per heavy atom. The Morgan fingerprint density at radius 3 is 2.93 bits per heavy atom. The highest BCUT2D eigenvalue weighted by Crippen LogP contribution is 2.12. The molecule has 4 nitrogen and oxygen atoms in total. The lowest BCUT2D eigenvalue weighted by Crippen LogP contribution is -2.50. The van der Waals surface area contributed by atoms with Gasteiger partial charge in [-0.2, -0.15) is 0 Å². The van der Waals surface area contributed by atoms with Crippen molar-refractivity contribution in [3.63, 3.8) is 0 Å². The summed E-state index contributed by atoms with van der Waals surface area (Å²) in [5, 5.41) is 0. The van der Waals surface area contributed by atoms with Gasteiger partial charge in [0.2, 0.25) is 5.91 Å². The molecule has 0 aromatic carbocycles. The number of nitrogens with zero attached hydrogens (tertiary/aromatic N) is 1. The summed E-state index contributed by atoms with van der Waals surface area (Å²) >= 11 is 5.73. The molecule has 1 rings (SSSR count). The van der Waals surface area contributed by atoms with Gasteiger partial charge in [-0.1, -0.05) is 0 Å². The van der Waals surface area contributed by atoms with Crippen molar-refractivity contribution in [2.24, 2.45) is 0 Å². The second kappa shape index (κ2) is 6.30. The van der Waals surface area contributed by atoms with Crippen LogP contribution in [0.3, 0.4) is 0 Å². The van der Waals surface area contributed by atoms with Gasteiger partial charge in [0.1, 0.15) is 6.61 Å². The number of carbonyl (C=O) groups is 1. The molecule has 2 unspecified atom stereocenters. The van der Waals surface area contributed by atoms with Gasteiger partial charge < -0.3 is 14.4 Å². The summed E-state index contributed by atoms with van der Waals surface area (Å²) < 4.78 is 10.6. The van der Waals surface area contributed by atoms with E-state index in [1.165, 1.54) is 0 Å². The maximum atomic E-state index is 11.7. The standard InChI is InChI=1S/C10H18ClNO3/c1-3-14-7-10(13)12-5-8(2)15-9(4-11)6-12/h8-9H,3-7H2,1-2H3. The van der Waals surface area contributed by atoms with Crippen LogP contribution in [0.1, 0.15) is 13.8 Å². The number of amides is 1. The van der Waals surface area contributed by atoms with Crippen LogP contribution >= 0.6 is 11.6 Å². The molecule has 5 heteroatoms. The monoisotopic (exact) mass is 235 g/mol. The Labute approximate surface area is 95.5 Å². The van der Waals surface area contributed by atoms with Crippen molar-refractivity contribution in [3.8, 4) is 0 Å². The number of halogens is 1. The van der Waals surface area contributed by atoms with E-state index >= 15 is 0 Å². The Kier molecular flexibility index (Phi) is 5.36. The second-order valence-corrected chi connectivity index (χ2v) is 3.97. The van der Waals surface area contributed by atoms with Crippen LogP contribution in [0, 0.1) is 0 Å². The average molecular weight is 236 g/mol. The van der Waals surface area contributed by atoms with Crippen LogP contribution in [0.4, 0.5) is 0 Å². The van der Waals surface area contributed by atoms with Gasteiger partial charge in [0.05, 0.1) is 18.1 Å². The molecule has 0 radical (unpaired) electrons. The molecule has 1 fully saturated rings. The van der Waals surface area contributed by atoms with Crippen LogP contribution in [-0.4, -0.2) is 55.2 Å². The topological polar surface area (TPSA) is 38.8 Å². The fraction of sp³-hybridized carbons (Fsp3) is 0.900. The van der Waals surface area contributed by atoms with Crippen molar-refractivity contribution in [3.05, 3.63) is 0 Å². The molecule has 0 bridgehead atoms. The first-order chi connectivity index (χ1) is 7.17. The van der Waals surface area contributed by atoms with Crippen molar-refractivity contribution >= 4 is 17.5 Å². The first-order valence-electron chi connectivity index (χ1n) is 5.24. The minimum Gasteiger partial charge on any atom is -0.372 e. The predicted octanol–water partition coefficient (Wildman–Crippen LogP) is 0.878. The number of alkyl halides is 1. The number of rotatable bonds is 4. The van der Waals surface area contributed by atoms with Crippen LogP contribution in [0.15, 0.2) is 0 Å². The molecule has 1 aliphatic heterocycles. The molecule has 0 spiro atoms. The molecule has 0 N–H and O–H groups in total. The molecule has 1 saturated heterocycles. The quantitative estimate of drug-likeness (QED) is 0.679. The van der Waals surface area contributed by atoms with Gasteiger partial charge in [0.15, 0.2) is 0 Å². The van der Waals surface area contributed by atoms with Gasteiger partial charge in [-0.05, 0) is 13.8 Å². The van der Waals surface area contributed by atoms with E-state index < -0.39 is 0 Å². The minimum atomic E-state index is -0.0546. The van der Waals surface area contributed by atoms with Crippen LogP contribution in [-0.2, 0) is 14.3 Å². The van der Waals surface area contributed by atoms with Crippen molar-refractivity contribution < 1.29 is 14.3 Å². The van der Waals surface area contributed by atoms with E-state index in [9.17, 15) is 4.79 Å². The van der Waals surface area contributed by atoms with Crippen LogP contribution in [0.5, 0.6) is 0 Å². The Hall–Kier alpha value is -0.320. The van der Waals surface area contributed by atoms with Gasteiger partial charge in [0.25, 0.3) is 0 Å². The highest BCUT2D eigenvalue weighted by Gasteiger charge is 2.27. The predicted molar refractivity (Wildman–Crippen MR) is 58.1 cm³/mol. The number of ether oxygens (including phenoxy) is 2. The fourth-order valence-electron chi connectivity index (χ4n) is 1.61. The fourth-order valence-corrected chi connectivity index (χ4v) is 1.79. The second-order valence-electron chi connectivity index (χ2n) is 3.66. The Morgan fingerprint density at radius 1 is 1.60 bits per heavy atom. The van der Waals surface area contributed by atoms with Crippen molar-refractivity contribution in [2.45, 2.75) is 26.1 Å². The number of carbonyl (C=O) groups excluding carboxylic acids is 1. The number of hydrogen-bond donors (Lipinski definition) is 0. The van der Waals surface area contributed by atoms with E-state index in [4.69, 9.17) is 21.1 Å². The van der Waals surface area contributed by atoms with Gasteiger partial charge in [-0.25, -0.2) is 0 Å². The van der Waals surface area contributed by atoms with E-state index in [1.807, 2.05) is 13.8 Å². The van der Waals surface area contributed by atoms with E-state index in [-0.39, 0.29) is 24.7 Å². The molecule has 88 valence electrons. The SMILES string of the molecule is CCOCC(=O)N1CC(C)OC(CCl)C1. The number of morpholine rings is 1. The number of hydrogen-bond acceptors (Lipinski definition) is 3. The van der Waals surface area contributed by atoms with Crippen LogP contribution in [0.25, 0.3) is 0 Å². The smallest absolute Gasteiger partial charge is 0.248 e. The molecular formula is C10H18ClNO3. The average Bonchev–Trinajstić information content (AvgIpc) is 2.24. The molecule has 0 aromatic heterocycles. The maximum absolute atomic E-state index is 11.7. The van der Waals surface area contributed by atoms with Gasteiger partial charge >= 0.3 is 0 Å². The first-order valence-corrected chi connectivity index (χ1v) is 5.77. The van der Waals surface area contributed by atoms with E-state index in [0.29, 0.717) is 25.6 Å². The maximum Gasteiger partial charge on any atom is 0.248 e. The normalized spacial score (nSPS) is 26.7. The molecule has 1 amide bonds. The molecule has 1 heterocycles. The summed E-state index contributed by atoms with van der Waals surface area (Å²) in [7, 11) is 0. The third-order valence-corrected chi connectivity index (χ3v) is 2.62. The van der Waals surface area contributed by atoms with E-state index in [0.717, 1.165) is 0 Å². The zero-order chi connectivity index (χ0) is 11.3. The first kappa shape index (κ1) is 12.7. The molecule has 0 aliphatic carbocycles. The summed E-state index contributed by atoms with van der Waals surface area (Å²) in [6.07, 6.45) is -0.00549. The zero-order valence-electron chi connectivity index (χ0n) is 9.24. The van der Waals surface area contributed by atoms with Gasteiger partial charge in [-0.15, -0.1) is 11.6 Å². The van der Waals surface area contributed by atoms with Crippen molar-refractivity contribution in [1.29, 1.82) is 0 Å². The Balaban J connectivity index is 2.42. The zero-order valence-corrected chi connectivity index (χ0v) is 10.00. The third-order valence-electron chi connectivity index (χ3n) is 2.28. The van der Waals surface area contributed by atoms with Crippen LogP contribution < -0.4 is 0 Å². The molecule has 0 saturated carbocycles. The minimum absolute atomic E-state index is 0.0158. The lowest BCUT2D eigenvalue weighted by molar-refractivity contribution is -0.147. The summed E-state index contributed by atoms with van der Waals surface area (Å²) in [5.41, 5.74) is 0. The van der Waals surface area contributed by atoms with Crippen molar-refractivity contribution in [1.82, 2.24) is 4.90 Å². The summed E-state index contributed by atoms with van der Waals surface area (Å²) in [4.78, 5) is 13.4. The largest absolute Gasteiger partial charge is 0.372 e. The van der Waals surface area contributed by atoms with E-state index in [1.54, 1.807) is 4.90 Å². The third kappa shape index (κ3) is 3.97. The molecular weight excluding hydrogens is 218 g/mol. The van der Waals surface area contributed by atoms with Gasteiger partial charge in [0, 0.05) is 19.7 Å². The lowest BCUT2D eigenvalue weighted by Gasteiger charge is -2.36. The highest BCUT2D eigenvalue weighted by molar-refractivity contribution is 6.18.